The highest BCUT2D eigenvalue weighted by Crippen LogP contribution is 2.29. The Morgan fingerprint density at radius 2 is 1.96 bits per heavy atom. The van der Waals surface area contributed by atoms with E-state index in [1.165, 1.54) is 5.56 Å². The second-order valence-electron chi connectivity index (χ2n) is 7.72. The Hall–Kier alpha value is -2.18. The third kappa shape index (κ3) is 4.06. The largest absolute Gasteiger partial charge is 0.508 e. The van der Waals surface area contributed by atoms with Gasteiger partial charge in [-0.3, -0.25) is 4.90 Å². The molecule has 6 heteroatoms. The van der Waals surface area contributed by atoms with Crippen molar-refractivity contribution in [1.29, 1.82) is 0 Å². The standard InChI is InChI=1S/C21H28N4O2/c1-15(2)20-22-19-14-24(13-16-4-3-5-17(26)12-16)7-6-18(19)21(23-20)25-8-10-27-11-9-25/h3-5,12,15,26H,6-11,13-14H2,1-2H3. The first-order valence-corrected chi connectivity index (χ1v) is 9.83. The van der Waals surface area contributed by atoms with Crippen LogP contribution in [0.25, 0.3) is 0 Å². The first-order chi connectivity index (χ1) is 13.1. The van der Waals surface area contributed by atoms with E-state index in [9.17, 15) is 5.11 Å². The molecule has 0 atom stereocenters. The van der Waals surface area contributed by atoms with Crippen molar-refractivity contribution in [2.24, 2.45) is 0 Å². The molecule has 3 heterocycles. The van der Waals surface area contributed by atoms with E-state index >= 15 is 0 Å². The summed E-state index contributed by atoms with van der Waals surface area (Å²) in [6.07, 6.45) is 0.958. The number of hydrogen-bond acceptors (Lipinski definition) is 6. The van der Waals surface area contributed by atoms with Crippen LogP contribution in [-0.4, -0.2) is 52.8 Å². The Bertz CT molecular complexity index is 803. The highest BCUT2D eigenvalue weighted by molar-refractivity contribution is 5.51. The van der Waals surface area contributed by atoms with Crippen molar-refractivity contribution in [3.8, 4) is 5.75 Å². The van der Waals surface area contributed by atoms with Gasteiger partial charge in [0.2, 0.25) is 0 Å². The van der Waals surface area contributed by atoms with Gasteiger partial charge in [-0.05, 0) is 24.1 Å². The molecule has 0 aliphatic carbocycles. The number of benzene rings is 1. The molecule has 1 aromatic carbocycles. The topological polar surface area (TPSA) is 61.7 Å². The second kappa shape index (κ2) is 7.82. The van der Waals surface area contributed by atoms with E-state index in [0.29, 0.717) is 11.7 Å². The molecule has 0 bridgehead atoms. The average Bonchev–Trinajstić information content (AvgIpc) is 2.67. The van der Waals surface area contributed by atoms with Crippen molar-refractivity contribution >= 4 is 5.82 Å². The highest BCUT2D eigenvalue weighted by atomic mass is 16.5. The number of ether oxygens (including phenoxy) is 1. The van der Waals surface area contributed by atoms with Crippen molar-refractivity contribution in [2.75, 3.05) is 37.7 Å². The number of phenols is 1. The number of rotatable bonds is 4. The lowest BCUT2D eigenvalue weighted by Crippen LogP contribution is -2.39. The summed E-state index contributed by atoms with van der Waals surface area (Å²) in [6.45, 7) is 10.2. The number of aromatic hydroxyl groups is 1. The molecular weight excluding hydrogens is 340 g/mol. The lowest BCUT2D eigenvalue weighted by Gasteiger charge is -2.34. The second-order valence-corrected chi connectivity index (χ2v) is 7.72. The minimum atomic E-state index is 0.302. The highest BCUT2D eigenvalue weighted by Gasteiger charge is 2.26. The summed E-state index contributed by atoms with van der Waals surface area (Å²) in [5, 5.41) is 9.72. The molecule has 2 aliphatic rings. The summed E-state index contributed by atoms with van der Waals surface area (Å²) in [5.41, 5.74) is 3.58. The van der Waals surface area contributed by atoms with Crippen molar-refractivity contribution < 1.29 is 9.84 Å². The lowest BCUT2D eigenvalue weighted by atomic mass is 10.0. The number of phenolic OH excluding ortho intramolecular Hbond substituents is 1. The van der Waals surface area contributed by atoms with Crippen LogP contribution in [0.15, 0.2) is 24.3 Å². The average molecular weight is 368 g/mol. The van der Waals surface area contributed by atoms with E-state index in [4.69, 9.17) is 14.7 Å². The Balaban J connectivity index is 1.60. The van der Waals surface area contributed by atoms with Crippen LogP contribution in [0.3, 0.4) is 0 Å². The first-order valence-electron chi connectivity index (χ1n) is 9.83. The number of anilines is 1. The Labute approximate surface area is 160 Å². The van der Waals surface area contributed by atoms with Gasteiger partial charge in [-0.1, -0.05) is 26.0 Å². The monoisotopic (exact) mass is 368 g/mol. The summed E-state index contributed by atoms with van der Waals surface area (Å²) >= 11 is 0. The predicted octanol–water partition coefficient (Wildman–Crippen LogP) is 2.70. The Morgan fingerprint density at radius 1 is 1.15 bits per heavy atom. The van der Waals surface area contributed by atoms with Crippen LogP contribution in [0.2, 0.25) is 0 Å². The number of nitrogens with zero attached hydrogens (tertiary/aromatic N) is 4. The van der Waals surface area contributed by atoms with E-state index in [-0.39, 0.29) is 0 Å². The van der Waals surface area contributed by atoms with Gasteiger partial charge in [-0.15, -0.1) is 0 Å². The number of hydrogen-bond donors (Lipinski definition) is 1. The van der Waals surface area contributed by atoms with E-state index < -0.39 is 0 Å². The molecule has 2 aliphatic heterocycles. The zero-order valence-electron chi connectivity index (χ0n) is 16.2. The fourth-order valence-corrected chi connectivity index (χ4v) is 3.83. The van der Waals surface area contributed by atoms with Crippen LogP contribution in [0.4, 0.5) is 5.82 Å². The maximum Gasteiger partial charge on any atom is 0.136 e. The molecule has 27 heavy (non-hydrogen) atoms. The van der Waals surface area contributed by atoms with Gasteiger partial charge in [0.15, 0.2) is 0 Å². The molecule has 0 amide bonds. The van der Waals surface area contributed by atoms with Gasteiger partial charge in [0.05, 0.1) is 18.9 Å². The summed E-state index contributed by atoms with van der Waals surface area (Å²) in [6, 6.07) is 7.52. The SMILES string of the molecule is CC(C)c1nc2c(c(N3CCOCC3)n1)CCN(Cc1cccc(O)c1)C2. The molecule has 6 nitrogen and oxygen atoms in total. The van der Waals surface area contributed by atoms with Crippen LogP contribution in [0, 0.1) is 0 Å². The number of fused-ring (bicyclic) bond motifs is 1. The molecule has 0 unspecified atom stereocenters. The molecular formula is C21H28N4O2. The number of aromatic nitrogens is 2. The molecule has 0 spiro atoms. The van der Waals surface area contributed by atoms with Gasteiger partial charge in [0.25, 0.3) is 0 Å². The van der Waals surface area contributed by atoms with E-state index in [1.807, 2.05) is 12.1 Å². The smallest absolute Gasteiger partial charge is 0.136 e. The van der Waals surface area contributed by atoms with Gasteiger partial charge in [0, 0.05) is 44.2 Å². The van der Waals surface area contributed by atoms with Crippen LogP contribution < -0.4 is 4.90 Å². The van der Waals surface area contributed by atoms with Gasteiger partial charge < -0.3 is 14.7 Å². The molecule has 1 N–H and O–H groups in total. The summed E-state index contributed by atoms with van der Waals surface area (Å²) < 4.78 is 5.52. The van der Waals surface area contributed by atoms with E-state index in [1.54, 1.807) is 6.07 Å². The molecule has 1 fully saturated rings. The van der Waals surface area contributed by atoms with Gasteiger partial charge in [0.1, 0.15) is 17.4 Å². The van der Waals surface area contributed by atoms with E-state index in [0.717, 1.165) is 75.3 Å². The molecule has 2 aromatic rings. The third-order valence-electron chi connectivity index (χ3n) is 5.28. The van der Waals surface area contributed by atoms with Crippen molar-refractivity contribution in [3.05, 3.63) is 46.9 Å². The summed E-state index contributed by atoms with van der Waals surface area (Å²) in [4.78, 5) is 14.6. The van der Waals surface area contributed by atoms with Crippen molar-refractivity contribution in [2.45, 2.75) is 39.3 Å². The molecule has 1 aromatic heterocycles. The molecule has 0 saturated carbocycles. The van der Waals surface area contributed by atoms with Crippen LogP contribution in [-0.2, 0) is 24.2 Å². The third-order valence-corrected chi connectivity index (χ3v) is 5.28. The normalized spacial score (nSPS) is 18.0. The lowest BCUT2D eigenvalue weighted by molar-refractivity contribution is 0.122. The fraction of sp³-hybridized carbons (Fsp3) is 0.524. The predicted molar refractivity (Wildman–Crippen MR) is 105 cm³/mol. The molecule has 1 saturated heterocycles. The maximum absolute atomic E-state index is 9.72. The fourth-order valence-electron chi connectivity index (χ4n) is 3.83. The van der Waals surface area contributed by atoms with Crippen LogP contribution in [0.5, 0.6) is 5.75 Å². The van der Waals surface area contributed by atoms with Crippen LogP contribution in [0.1, 0.15) is 42.4 Å². The maximum atomic E-state index is 9.72. The minimum absolute atomic E-state index is 0.302. The van der Waals surface area contributed by atoms with Crippen molar-refractivity contribution in [1.82, 2.24) is 14.9 Å². The zero-order valence-corrected chi connectivity index (χ0v) is 16.2. The van der Waals surface area contributed by atoms with Gasteiger partial charge in [-0.25, -0.2) is 9.97 Å². The summed E-state index contributed by atoms with van der Waals surface area (Å²) in [7, 11) is 0. The van der Waals surface area contributed by atoms with Crippen LogP contribution >= 0.6 is 0 Å². The minimum Gasteiger partial charge on any atom is -0.508 e. The Morgan fingerprint density at radius 3 is 2.70 bits per heavy atom. The molecule has 144 valence electrons. The quantitative estimate of drug-likeness (QED) is 0.895. The van der Waals surface area contributed by atoms with Gasteiger partial charge in [-0.2, -0.15) is 0 Å². The first kappa shape index (κ1) is 18.2. The zero-order chi connectivity index (χ0) is 18.8. The Kier molecular flexibility index (Phi) is 5.27. The van der Waals surface area contributed by atoms with E-state index in [2.05, 4.69) is 29.7 Å². The molecule has 0 radical (unpaired) electrons. The van der Waals surface area contributed by atoms with Gasteiger partial charge >= 0.3 is 0 Å². The summed E-state index contributed by atoms with van der Waals surface area (Å²) in [5.74, 6) is 2.67. The molecule has 4 rings (SSSR count). The van der Waals surface area contributed by atoms with Crippen molar-refractivity contribution in [3.63, 3.8) is 0 Å². The number of morpholine rings is 1.